The van der Waals surface area contributed by atoms with Gasteiger partial charge < -0.3 is 9.88 Å². The number of carbonyl (C=O) groups excluding carboxylic acids is 1. The molecule has 10 heteroatoms. The number of para-hydroxylation sites is 1. The van der Waals surface area contributed by atoms with Gasteiger partial charge in [0.15, 0.2) is 10.8 Å². The van der Waals surface area contributed by atoms with Crippen LogP contribution in [-0.2, 0) is 11.3 Å². The summed E-state index contributed by atoms with van der Waals surface area (Å²) in [5, 5.41) is 22.1. The Kier molecular flexibility index (Phi) is 7.61. The number of fused-ring (bicyclic) bond motifs is 3. The smallest absolute Gasteiger partial charge is 0.239 e. The second kappa shape index (κ2) is 11.6. The molecule has 0 saturated carbocycles. The highest BCUT2D eigenvalue weighted by atomic mass is 32.2. The molecule has 1 atom stereocenters. The molecule has 1 aliphatic rings. The Morgan fingerprint density at radius 2 is 1.77 bits per heavy atom. The summed E-state index contributed by atoms with van der Waals surface area (Å²) in [6.07, 6.45) is 0.598. The quantitative estimate of drug-likeness (QED) is 0.249. The second-order valence-corrected chi connectivity index (χ2v) is 11.6. The van der Waals surface area contributed by atoms with Crippen molar-refractivity contribution in [2.24, 2.45) is 10.2 Å². The van der Waals surface area contributed by atoms with Crippen LogP contribution in [0.3, 0.4) is 0 Å². The van der Waals surface area contributed by atoms with Crippen molar-refractivity contribution < 1.29 is 4.79 Å². The number of benzene rings is 3. The minimum Gasteiger partial charge on any atom is -0.319 e. The van der Waals surface area contributed by atoms with Gasteiger partial charge >= 0.3 is 0 Å². The summed E-state index contributed by atoms with van der Waals surface area (Å²) in [5.74, 6) is 0.489. The van der Waals surface area contributed by atoms with Gasteiger partial charge in [-0.1, -0.05) is 109 Å². The lowest BCUT2D eigenvalue weighted by Gasteiger charge is -2.16. The molecule has 0 bridgehead atoms. The number of rotatable bonds is 7. The first-order valence-electron chi connectivity index (χ1n) is 13.1. The summed E-state index contributed by atoms with van der Waals surface area (Å²) >= 11 is 2.78. The number of hydrogen-bond donors (Lipinski definition) is 1. The largest absolute Gasteiger partial charge is 0.319 e. The zero-order valence-corrected chi connectivity index (χ0v) is 23.7. The average Bonchev–Trinajstić information content (AvgIpc) is 3.30. The summed E-state index contributed by atoms with van der Waals surface area (Å²) in [6, 6.07) is 26.6. The van der Waals surface area contributed by atoms with Crippen LogP contribution in [0.2, 0.25) is 0 Å². The van der Waals surface area contributed by atoms with Gasteiger partial charge in [-0.25, -0.2) is 4.98 Å². The third kappa shape index (κ3) is 5.50. The van der Waals surface area contributed by atoms with E-state index in [2.05, 4.69) is 67.5 Å². The molecule has 0 fully saturated rings. The van der Waals surface area contributed by atoms with Gasteiger partial charge in [-0.15, -0.1) is 15.3 Å². The lowest BCUT2D eigenvalue weighted by Crippen LogP contribution is -2.37. The Bertz CT molecular complexity index is 1750. The molecule has 2 aromatic heterocycles. The fourth-order valence-corrected chi connectivity index (χ4v) is 6.13. The maximum absolute atomic E-state index is 13.2. The molecular weight excluding hydrogens is 539 g/mol. The summed E-state index contributed by atoms with van der Waals surface area (Å²) in [4.78, 5) is 18.1. The lowest BCUT2D eigenvalue weighted by molar-refractivity contribution is -0.119. The third-order valence-corrected chi connectivity index (χ3v) is 8.76. The number of thioether (sulfide) groups is 2. The van der Waals surface area contributed by atoms with Crippen LogP contribution in [0.25, 0.3) is 22.1 Å². The highest BCUT2D eigenvalue weighted by Crippen LogP contribution is 2.30. The van der Waals surface area contributed by atoms with Gasteiger partial charge in [-0.05, 0) is 30.5 Å². The minimum absolute atomic E-state index is 0.152. The van der Waals surface area contributed by atoms with Crippen LogP contribution in [0.1, 0.15) is 30.0 Å². The molecule has 0 saturated heterocycles. The summed E-state index contributed by atoms with van der Waals surface area (Å²) in [7, 11) is 0. The van der Waals surface area contributed by atoms with Crippen LogP contribution in [0.15, 0.2) is 94.2 Å². The Labute approximate surface area is 240 Å². The van der Waals surface area contributed by atoms with Crippen molar-refractivity contribution in [2.75, 3.05) is 5.75 Å². The highest BCUT2D eigenvalue weighted by molar-refractivity contribution is 8.14. The molecule has 1 amide bonds. The van der Waals surface area contributed by atoms with Crippen molar-refractivity contribution in [3.8, 4) is 0 Å². The first-order chi connectivity index (χ1) is 19.6. The number of aromatic nitrogens is 4. The number of amides is 1. The van der Waals surface area contributed by atoms with Gasteiger partial charge in [-0.3, -0.25) is 4.79 Å². The SMILES string of the molecule is CCC(Sc1nnc2c3ccccc3n(Cc3ccccc3)c2n1)C(=O)NC1=NN=C(c2ccc(C)cc2)CS1. The van der Waals surface area contributed by atoms with Gasteiger partial charge in [0.25, 0.3) is 0 Å². The minimum atomic E-state index is -0.406. The Morgan fingerprint density at radius 3 is 2.52 bits per heavy atom. The highest BCUT2D eigenvalue weighted by Gasteiger charge is 2.24. The van der Waals surface area contributed by atoms with E-state index in [0.29, 0.717) is 29.0 Å². The maximum atomic E-state index is 13.2. The first kappa shape index (κ1) is 26.2. The number of amidine groups is 1. The Hall–Kier alpha value is -4.02. The van der Waals surface area contributed by atoms with Crippen molar-refractivity contribution in [1.29, 1.82) is 0 Å². The van der Waals surface area contributed by atoms with E-state index in [9.17, 15) is 4.79 Å². The van der Waals surface area contributed by atoms with Crippen molar-refractivity contribution in [1.82, 2.24) is 25.1 Å². The number of nitrogens with one attached hydrogen (secondary N) is 1. The van der Waals surface area contributed by atoms with E-state index in [-0.39, 0.29) is 5.91 Å². The number of carbonyl (C=O) groups is 1. The molecule has 5 aromatic rings. The molecule has 6 rings (SSSR count). The van der Waals surface area contributed by atoms with Crippen LogP contribution >= 0.6 is 23.5 Å². The molecule has 0 aliphatic carbocycles. The fourth-order valence-electron chi connectivity index (χ4n) is 4.55. The molecule has 1 N–H and O–H groups in total. The maximum Gasteiger partial charge on any atom is 0.239 e. The van der Waals surface area contributed by atoms with Crippen molar-refractivity contribution in [3.63, 3.8) is 0 Å². The van der Waals surface area contributed by atoms with E-state index in [0.717, 1.165) is 33.3 Å². The van der Waals surface area contributed by atoms with Gasteiger partial charge in [0, 0.05) is 17.7 Å². The molecule has 1 aliphatic heterocycles. The third-order valence-electron chi connectivity index (χ3n) is 6.67. The first-order valence-corrected chi connectivity index (χ1v) is 14.9. The van der Waals surface area contributed by atoms with E-state index in [1.807, 2.05) is 55.5 Å². The standard InChI is InChI=1S/C30H27N7OS2/c1-3-25(28(38)32-29-35-33-23(18-39-29)21-15-13-19(2)14-16-21)40-30-31-27-26(34-36-30)22-11-7-8-12-24(22)37(27)17-20-9-5-4-6-10-20/h4-16,25H,3,17-18H2,1-2H3,(H,32,35,38). The summed E-state index contributed by atoms with van der Waals surface area (Å²) < 4.78 is 2.16. The molecular formula is C30H27N7OS2. The van der Waals surface area contributed by atoms with Gasteiger partial charge in [0.1, 0.15) is 5.52 Å². The van der Waals surface area contributed by atoms with E-state index in [1.54, 1.807) is 0 Å². The zero-order chi connectivity index (χ0) is 27.5. The van der Waals surface area contributed by atoms with Crippen molar-refractivity contribution in [3.05, 3.63) is 95.6 Å². The predicted molar refractivity (Wildman–Crippen MR) is 164 cm³/mol. The van der Waals surface area contributed by atoms with Crippen LogP contribution in [-0.4, -0.2) is 47.5 Å². The fraction of sp³-hybridized carbons (Fsp3) is 0.200. The van der Waals surface area contributed by atoms with Crippen LogP contribution in [0.5, 0.6) is 0 Å². The molecule has 0 radical (unpaired) electrons. The monoisotopic (exact) mass is 565 g/mol. The van der Waals surface area contributed by atoms with E-state index in [1.165, 1.54) is 34.7 Å². The molecule has 1 unspecified atom stereocenters. The number of hydrogen-bond acceptors (Lipinski definition) is 8. The second-order valence-electron chi connectivity index (χ2n) is 9.47. The summed E-state index contributed by atoms with van der Waals surface area (Å²) in [6.45, 7) is 4.69. The summed E-state index contributed by atoms with van der Waals surface area (Å²) in [5.41, 5.74) is 6.85. The zero-order valence-electron chi connectivity index (χ0n) is 22.1. The van der Waals surface area contributed by atoms with Gasteiger partial charge in [-0.2, -0.15) is 5.10 Å². The normalized spacial score (nSPS) is 14.2. The van der Waals surface area contributed by atoms with E-state index in [4.69, 9.17) is 4.98 Å². The van der Waals surface area contributed by atoms with Gasteiger partial charge in [0.2, 0.25) is 11.1 Å². The molecule has 3 aromatic carbocycles. The van der Waals surface area contributed by atoms with Crippen LogP contribution in [0.4, 0.5) is 0 Å². The molecule has 40 heavy (non-hydrogen) atoms. The molecule has 0 spiro atoms. The van der Waals surface area contributed by atoms with E-state index >= 15 is 0 Å². The van der Waals surface area contributed by atoms with Gasteiger partial charge in [0.05, 0.1) is 16.5 Å². The molecule has 3 heterocycles. The molecule has 8 nitrogen and oxygen atoms in total. The predicted octanol–water partition coefficient (Wildman–Crippen LogP) is 5.83. The Morgan fingerprint density at radius 1 is 1.00 bits per heavy atom. The number of aryl methyl sites for hydroxylation is 1. The lowest BCUT2D eigenvalue weighted by atomic mass is 10.1. The van der Waals surface area contributed by atoms with Crippen LogP contribution < -0.4 is 5.32 Å². The number of nitrogens with zero attached hydrogens (tertiary/aromatic N) is 6. The Balaban J connectivity index is 1.22. The van der Waals surface area contributed by atoms with Crippen LogP contribution in [0, 0.1) is 6.92 Å². The van der Waals surface area contributed by atoms with Crippen molar-refractivity contribution in [2.45, 2.75) is 37.2 Å². The molecule has 200 valence electrons. The van der Waals surface area contributed by atoms with E-state index < -0.39 is 5.25 Å². The topological polar surface area (TPSA) is 97.4 Å². The van der Waals surface area contributed by atoms with Crippen molar-refractivity contribution >= 4 is 62.4 Å². The average molecular weight is 566 g/mol.